The van der Waals surface area contributed by atoms with E-state index in [2.05, 4.69) is 41.6 Å². The van der Waals surface area contributed by atoms with Gasteiger partial charge in [-0.05, 0) is 39.0 Å². The Morgan fingerprint density at radius 2 is 2.11 bits per heavy atom. The van der Waals surface area contributed by atoms with Crippen molar-refractivity contribution >= 4 is 16.8 Å². The number of hydrogen-bond acceptors (Lipinski definition) is 4. The number of aromatic nitrogens is 1. The topological polar surface area (TPSA) is 79.5 Å². The standard InChI is InChI=1S/C20H36N4O2S/c1-5-15(6-2)19-13-17(26-24-19)14-22-20(21-7-3)23-16-10-9-11-18(12-16)27(25)8-4/h13,15-16,18H,5-12,14H2,1-4H3,(H2,21,22,23). The summed E-state index contributed by atoms with van der Waals surface area (Å²) in [6, 6.07) is 2.36. The fourth-order valence-corrected chi connectivity index (χ4v) is 5.07. The molecule has 6 nitrogen and oxygen atoms in total. The molecule has 1 aliphatic rings. The third-order valence-electron chi connectivity index (χ3n) is 5.34. The summed E-state index contributed by atoms with van der Waals surface area (Å²) in [6.07, 6.45) is 6.38. The summed E-state index contributed by atoms with van der Waals surface area (Å²) < 4.78 is 17.6. The molecule has 3 unspecified atom stereocenters. The zero-order valence-electron chi connectivity index (χ0n) is 17.3. The van der Waals surface area contributed by atoms with Crippen LogP contribution in [0.25, 0.3) is 0 Å². The van der Waals surface area contributed by atoms with Crippen LogP contribution in [0.2, 0.25) is 0 Å². The van der Waals surface area contributed by atoms with Gasteiger partial charge in [-0.25, -0.2) is 4.99 Å². The molecular formula is C20H36N4O2S. The summed E-state index contributed by atoms with van der Waals surface area (Å²) in [7, 11) is -0.714. The van der Waals surface area contributed by atoms with Crippen LogP contribution in [0.4, 0.5) is 0 Å². The Morgan fingerprint density at radius 3 is 2.78 bits per heavy atom. The molecule has 154 valence electrons. The lowest BCUT2D eigenvalue weighted by Crippen LogP contribution is -2.46. The van der Waals surface area contributed by atoms with Crippen LogP contribution in [0, 0.1) is 0 Å². The van der Waals surface area contributed by atoms with Crippen LogP contribution in [-0.2, 0) is 17.3 Å². The minimum absolute atomic E-state index is 0.306. The molecule has 0 amide bonds. The lowest BCUT2D eigenvalue weighted by atomic mass is 9.95. The van der Waals surface area contributed by atoms with Crippen LogP contribution in [0.1, 0.15) is 83.6 Å². The molecule has 1 aromatic rings. The fraction of sp³-hybridized carbons (Fsp3) is 0.800. The molecule has 2 rings (SSSR count). The Labute approximate surface area is 166 Å². The van der Waals surface area contributed by atoms with Crippen molar-refractivity contribution < 1.29 is 8.73 Å². The highest BCUT2D eigenvalue weighted by molar-refractivity contribution is 7.85. The van der Waals surface area contributed by atoms with E-state index in [9.17, 15) is 4.21 Å². The lowest BCUT2D eigenvalue weighted by molar-refractivity contribution is 0.371. The van der Waals surface area contributed by atoms with Gasteiger partial charge in [-0.3, -0.25) is 4.21 Å². The molecular weight excluding hydrogens is 360 g/mol. The van der Waals surface area contributed by atoms with E-state index in [0.717, 1.165) is 68.2 Å². The maximum absolute atomic E-state index is 12.2. The van der Waals surface area contributed by atoms with E-state index in [1.54, 1.807) is 0 Å². The van der Waals surface area contributed by atoms with E-state index in [1.807, 2.05) is 13.0 Å². The Kier molecular flexibility index (Phi) is 9.31. The van der Waals surface area contributed by atoms with E-state index in [1.165, 1.54) is 0 Å². The van der Waals surface area contributed by atoms with Gasteiger partial charge >= 0.3 is 0 Å². The zero-order chi connectivity index (χ0) is 19.6. The van der Waals surface area contributed by atoms with Gasteiger partial charge in [0, 0.05) is 46.4 Å². The second-order valence-electron chi connectivity index (χ2n) is 7.23. The Morgan fingerprint density at radius 1 is 1.33 bits per heavy atom. The predicted molar refractivity (Wildman–Crippen MR) is 113 cm³/mol. The van der Waals surface area contributed by atoms with Gasteiger partial charge in [0.1, 0.15) is 6.54 Å². The molecule has 27 heavy (non-hydrogen) atoms. The Hall–Kier alpha value is -1.37. The smallest absolute Gasteiger partial charge is 0.191 e. The number of nitrogens with one attached hydrogen (secondary N) is 2. The largest absolute Gasteiger partial charge is 0.359 e. The molecule has 2 N–H and O–H groups in total. The first-order valence-electron chi connectivity index (χ1n) is 10.5. The summed E-state index contributed by atoms with van der Waals surface area (Å²) >= 11 is 0. The minimum atomic E-state index is -0.714. The number of aliphatic imine (C=N–C) groups is 1. The van der Waals surface area contributed by atoms with Gasteiger partial charge in [-0.15, -0.1) is 0 Å². The molecule has 0 aromatic carbocycles. The summed E-state index contributed by atoms with van der Waals surface area (Å²) in [5.41, 5.74) is 1.03. The molecule has 0 aliphatic heterocycles. The molecule has 0 bridgehead atoms. The quantitative estimate of drug-likeness (QED) is 0.491. The number of nitrogens with zero attached hydrogens (tertiary/aromatic N) is 2. The van der Waals surface area contributed by atoms with Gasteiger partial charge < -0.3 is 15.2 Å². The Balaban J connectivity index is 1.96. The van der Waals surface area contributed by atoms with Crippen LogP contribution >= 0.6 is 0 Å². The normalized spacial score (nSPS) is 22.0. The summed E-state index contributed by atoms with van der Waals surface area (Å²) in [5.74, 6) is 2.79. The molecule has 7 heteroatoms. The zero-order valence-corrected chi connectivity index (χ0v) is 18.1. The SMILES string of the molecule is CCNC(=NCc1cc(C(CC)CC)no1)NC1CCCC(S(=O)CC)C1. The molecule has 0 saturated heterocycles. The highest BCUT2D eigenvalue weighted by Gasteiger charge is 2.26. The van der Waals surface area contributed by atoms with E-state index >= 15 is 0 Å². The van der Waals surface area contributed by atoms with Crippen molar-refractivity contribution in [1.29, 1.82) is 0 Å². The van der Waals surface area contributed by atoms with E-state index in [-0.39, 0.29) is 0 Å². The van der Waals surface area contributed by atoms with Crippen molar-refractivity contribution in [3.63, 3.8) is 0 Å². The molecule has 0 spiro atoms. The van der Waals surface area contributed by atoms with Gasteiger partial charge in [-0.2, -0.15) is 0 Å². The van der Waals surface area contributed by atoms with Crippen molar-refractivity contribution in [1.82, 2.24) is 15.8 Å². The summed E-state index contributed by atoms with van der Waals surface area (Å²) in [6.45, 7) is 9.70. The molecule has 1 aliphatic carbocycles. The van der Waals surface area contributed by atoms with Gasteiger partial charge in [0.25, 0.3) is 0 Å². The van der Waals surface area contributed by atoms with Crippen LogP contribution in [-0.4, -0.2) is 38.9 Å². The first-order chi connectivity index (χ1) is 13.1. The molecule has 3 atom stereocenters. The number of rotatable bonds is 9. The first kappa shape index (κ1) is 21.9. The maximum Gasteiger partial charge on any atom is 0.191 e. The highest BCUT2D eigenvalue weighted by atomic mass is 32.2. The number of guanidine groups is 1. The van der Waals surface area contributed by atoms with E-state index < -0.39 is 10.8 Å². The van der Waals surface area contributed by atoms with E-state index in [4.69, 9.17) is 4.52 Å². The Bertz CT molecular complexity index is 613. The number of hydrogen-bond donors (Lipinski definition) is 2. The second kappa shape index (κ2) is 11.5. The summed E-state index contributed by atoms with van der Waals surface area (Å²) in [5, 5.41) is 11.4. The lowest BCUT2D eigenvalue weighted by Gasteiger charge is -2.30. The first-order valence-corrected chi connectivity index (χ1v) is 11.9. The van der Waals surface area contributed by atoms with Gasteiger partial charge in [0.05, 0.1) is 5.69 Å². The van der Waals surface area contributed by atoms with Gasteiger partial charge in [0.2, 0.25) is 0 Å². The van der Waals surface area contributed by atoms with Crippen LogP contribution < -0.4 is 10.6 Å². The van der Waals surface area contributed by atoms with Gasteiger partial charge in [-0.1, -0.05) is 32.3 Å². The van der Waals surface area contributed by atoms with Gasteiger partial charge in [0.15, 0.2) is 11.7 Å². The van der Waals surface area contributed by atoms with Crippen molar-refractivity contribution in [3.05, 3.63) is 17.5 Å². The molecule has 1 aromatic heterocycles. The summed E-state index contributed by atoms with van der Waals surface area (Å²) in [4.78, 5) is 4.68. The van der Waals surface area contributed by atoms with Crippen LogP contribution in [0.3, 0.4) is 0 Å². The minimum Gasteiger partial charge on any atom is -0.359 e. The van der Waals surface area contributed by atoms with Crippen molar-refractivity contribution in [2.24, 2.45) is 4.99 Å². The third-order valence-corrected chi connectivity index (χ3v) is 7.08. The van der Waals surface area contributed by atoms with Crippen molar-refractivity contribution in [3.8, 4) is 0 Å². The average Bonchev–Trinajstić information content (AvgIpc) is 3.15. The molecule has 1 fully saturated rings. The average molecular weight is 397 g/mol. The van der Waals surface area contributed by atoms with Crippen molar-refractivity contribution in [2.75, 3.05) is 12.3 Å². The van der Waals surface area contributed by atoms with Crippen molar-refractivity contribution in [2.45, 2.75) is 90.0 Å². The fourth-order valence-electron chi connectivity index (χ4n) is 3.72. The maximum atomic E-state index is 12.2. The molecule has 0 radical (unpaired) electrons. The highest BCUT2D eigenvalue weighted by Crippen LogP contribution is 2.24. The second-order valence-corrected chi connectivity index (χ2v) is 9.23. The molecule has 1 saturated carbocycles. The monoisotopic (exact) mass is 396 g/mol. The predicted octanol–water partition coefficient (Wildman–Crippen LogP) is 3.71. The van der Waals surface area contributed by atoms with E-state index in [0.29, 0.717) is 23.8 Å². The molecule has 1 heterocycles. The van der Waals surface area contributed by atoms with Crippen LogP contribution in [0.15, 0.2) is 15.6 Å². The van der Waals surface area contributed by atoms with Crippen LogP contribution in [0.5, 0.6) is 0 Å². The third kappa shape index (κ3) is 6.63.